The molecule has 0 heterocycles. The van der Waals surface area contributed by atoms with Crippen molar-refractivity contribution < 1.29 is 23.4 Å². The summed E-state index contributed by atoms with van der Waals surface area (Å²) in [6, 6.07) is 19.4. The maximum atomic E-state index is 11.3. The number of rotatable bonds is 5. The van der Waals surface area contributed by atoms with Gasteiger partial charge < -0.3 is 10.2 Å². The number of carbonyl (C=O) groups is 1. The van der Waals surface area contributed by atoms with Gasteiger partial charge in [-0.05, 0) is 46.5 Å². The summed E-state index contributed by atoms with van der Waals surface area (Å²) in [7, 11) is -3.73. The molecule has 0 fully saturated rings. The van der Waals surface area contributed by atoms with E-state index in [1.165, 1.54) is 24.3 Å². The Bertz CT molecular complexity index is 1070. The molecule has 0 saturated heterocycles. The first-order chi connectivity index (χ1) is 12.8. The lowest BCUT2D eigenvalue weighted by atomic mass is 9.97. The number of aliphatic hydroxyl groups excluding tert-OH is 1. The Balaban J connectivity index is 1.85. The number of sulfonamides is 1. The van der Waals surface area contributed by atoms with Crippen LogP contribution < -0.4 is 5.14 Å². The van der Waals surface area contributed by atoms with Crippen LogP contribution >= 0.6 is 0 Å². The summed E-state index contributed by atoms with van der Waals surface area (Å²) in [5, 5.41) is 24.7. The predicted octanol–water partition coefficient (Wildman–Crippen LogP) is 2.78. The molecule has 0 aliphatic carbocycles. The minimum atomic E-state index is -3.73. The number of benzene rings is 3. The Labute approximate surface area is 156 Å². The van der Waals surface area contributed by atoms with Crippen LogP contribution in [-0.4, -0.2) is 24.6 Å². The topological polar surface area (TPSA) is 118 Å². The van der Waals surface area contributed by atoms with Crippen molar-refractivity contribution in [3.8, 4) is 11.1 Å². The van der Waals surface area contributed by atoms with Gasteiger partial charge in [0.05, 0.1) is 10.5 Å². The largest absolute Gasteiger partial charge is 0.478 e. The van der Waals surface area contributed by atoms with Gasteiger partial charge in [-0.1, -0.05) is 48.5 Å². The smallest absolute Gasteiger partial charge is 0.335 e. The molecule has 0 aliphatic heterocycles. The first-order valence-electron chi connectivity index (χ1n) is 8.00. The van der Waals surface area contributed by atoms with E-state index in [1.54, 1.807) is 48.5 Å². The number of aromatic carboxylic acids is 1. The highest BCUT2D eigenvalue weighted by molar-refractivity contribution is 7.89. The SMILES string of the molecule is NS(=O)(=O)c1ccc(-c2ccc(C(O)c3cccc(C(=O)O)c3)cc2)cc1. The van der Waals surface area contributed by atoms with Gasteiger partial charge in [0.25, 0.3) is 0 Å². The zero-order chi connectivity index (χ0) is 19.6. The van der Waals surface area contributed by atoms with E-state index in [4.69, 9.17) is 10.2 Å². The zero-order valence-electron chi connectivity index (χ0n) is 14.1. The Kier molecular flexibility index (Phi) is 5.09. The molecule has 4 N–H and O–H groups in total. The number of nitrogens with two attached hydrogens (primary N) is 1. The van der Waals surface area contributed by atoms with Gasteiger partial charge in [0.1, 0.15) is 6.10 Å². The van der Waals surface area contributed by atoms with Crippen LogP contribution in [0, 0.1) is 0 Å². The van der Waals surface area contributed by atoms with E-state index in [-0.39, 0.29) is 10.5 Å². The van der Waals surface area contributed by atoms with Crippen molar-refractivity contribution in [1.29, 1.82) is 0 Å². The predicted molar refractivity (Wildman–Crippen MR) is 101 cm³/mol. The molecule has 0 bridgehead atoms. The van der Waals surface area contributed by atoms with Gasteiger partial charge in [-0.2, -0.15) is 0 Å². The number of carboxylic acids is 1. The Morgan fingerprint density at radius 2 is 1.41 bits per heavy atom. The molecule has 6 nitrogen and oxygen atoms in total. The Morgan fingerprint density at radius 3 is 1.93 bits per heavy atom. The molecule has 7 heteroatoms. The normalized spacial score (nSPS) is 12.5. The van der Waals surface area contributed by atoms with E-state index in [2.05, 4.69) is 0 Å². The molecule has 27 heavy (non-hydrogen) atoms. The Hall–Kier alpha value is -3.00. The molecule has 0 aliphatic rings. The summed E-state index contributed by atoms with van der Waals surface area (Å²) in [5.41, 5.74) is 2.85. The highest BCUT2D eigenvalue weighted by Crippen LogP contribution is 2.26. The second-order valence-electron chi connectivity index (χ2n) is 6.02. The van der Waals surface area contributed by atoms with Crippen molar-refractivity contribution in [3.05, 3.63) is 89.5 Å². The average molecular weight is 383 g/mol. The molecule has 0 spiro atoms. The van der Waals surface area contributed by atoms with Crippen LogP contribution in [0.3, 0.4) is 0 Å². The fourth-order valence-electron chi connectivity index (χ4n) is 2.73. The van der Waals surface area contributed by atoms with Crippen LogP contribution in [0.5, 0.6) is 0 Å². The number of primary sulfonamides is 1. The van der Waals surface area contributed by atoms with Crippen LogP contribution in [0.2, 0.25) is 0 Å². The van der Waals surface area contributed by atoms with Gasteiger partial charge in [0.15, 0.2) is 0 Å². The average Bonchev–Trinajstić information content (AvgIpc) is 2.67. The van der Waals surface area contributed by atoms with Gasteiger partial charge in [-0.25, -0.2) is 18.4 Å². The molecule has 0 aromatic heterocycles. The summed E-state index contributed by atoms with van der Waals surface area (Å²) in [6.45, 7) is 0. The molecule has 138 valence electrons. The first-order valence-corrected chi connectivity index (χ1v) is 9.55. The molecule has 0 saturated carbocycles. The van der Waals surface area contributed by atoms with Gasteiger partial charge in [-0.3, -0.25) is 0 Å². The third-order valence-electron chi connectivity index (χ3n) is 4.19. The van der Waals surface area contributed by atoms with Crippen molar-refractivity contribution >= 4 is 16.0 Å². The fraction of sp³-hybridized carbons (Fsp3) is 0.0500. The van der Waals surface area contributed by atoms with Gasteiger partial charge in [0.2, 0.25) is 10.0 Å². The molecule has 0 radical (unpaired) electrons. The standard InChI is InChI=1S/C20H17NO5S/c21-27(25,26)18-10-8-14(9-11-18)13-4-6-15(7-5-13)19(22)16-2-1-3-17(12-16)20(23)24/h1-12,19,22H,(H,23,24)(H2,21,25,26). The van der Waals surface area contributed by atoms with Gasteiger partial charge >= 0.3 is 5.97 Å². The second-order valence-corrected chi connectivity index (χ2v) is 7.59. The van der Waals surface area contributed by atoms with Crippen LogP contribution in [-0.2, 0) is 10.0 Å². The Morgan fingerprint density at radius 1 is 0.852 bits per heavy atom. The number of aliphatic hydroxyl groups is 1. The maximum absolute atomic E-state index is 11.3. The van der Waals surface area contributed by atoms with E-state index in [1.807, 2.05) is 0 Å². The van der Waals surface area contributed by atoms with Crippen LogP contribution in [0.1, 0.15) is 27.6 Å². The highest BCUT2D eigenvalue weighted by atomic mass is 32.2. The first kappa shape index (κ1) is 18.8. The van der Waals surface area contributed by atoms with Crippen LogP contribution in [0.15, 0.2) is 77.7 Å². The monoisotopic (exact) mass is 383 g/mol. The summed E-state index contributed by atoms with van der Waals surface area (Å²) in [6.07, 6.45) is -0.955. The van der Waals surface area contributed by atoms with E-state index < -0.39 is 22.1 Å². The van der Waals surface area contributed by atoms with Gasteiger partial charge in [0, 0.05) is 0 Å². The number of hydrogen-bond acceptors (Lipinski definition) is 4. The molecule has 0 amide bonds. The van der Waals surface area contributed by atoms with Gasteiger partial charge in [-0.15, -0.1) is 0 Å². The van der Waals surface area contributed by atoms with E-state index >= 15 is 0 Å². The number of carboxylic acid groups (broad SMARTS) is 1. The minimum absolute atomic E-state index is 0.0385. The number of hydrogen-bond donors (Lipinski definition) is 3. The van der Waals surface area contributed by atoms with Crippen molar-refractivity contribution in [3.63, 3.8) is 0 Å². The third kappa shape index (κ3) is 4.22. The molecule has 3 aromatic carbocycles. The van der Waals surface area contributed by atoms with E-state index in [0.29, 0.717) is 11.1 Å². The summed E-state index contributed by atoms with van der Waals surface area (Å²) in [5.74, 6) is -1.05. The van der Waals surface area contributed by atoms with Crippen molar-refractivity contribution in [2.24, 2.45) is 5.14 Å². The minimum Gasteiger partial charge on any atom is -0.478 e. The molecular formula is C20H17NO5S. The van der Waals surface area contributed by atoms with Crippen LogP contribution in [0.4, 0.5) is 0 Å². The molecule has 3 aromatic rings. The summed E-state index contributed by atoms with van der Waals surface area (Å²) < 4.78 is 22.6. The fourth-order valence-corrected chi connectivity index (χ4v) is 3.24. The van der Waals surface area contributed by atoms with Crippen molar-refractivity contribution in [1.82, 2.24) is 0 Å². The van der Waals surface area contributed by atoms with E-state index in [9.17, 15) is 18.3 Å². The maximum Gasteiger partial charge on any atom is 0.335 e. The second kappa shape index (κ2) is 7.32. The molecular weight excluding hydrogens is 366 g/mol. The lowest BCUT2D eigenvalue weighted by Gasteiger charge is -2.13. The van der Waals surface area contributed by atoms with E-state index in [0.717, 1.165) is 11.1 Å². The third-order valence-corrected chi connectivity index (χ3v) is 5.12. The summed E-state index contributed by atoms with van der Waals surface area (Å²) in [4.78, 5) is 11.1. The lowest BCUT2D eigenvalue weighted by molar-refractivity contribution is 0.0696. The quantitative estimate of drug-likeness (QED) is 0.626. The van der Waals surface area contributed by atoms with Crippen molar-refractivity contribution in [2.75, 3.05) is 0 Å². The van der Waals surface area contributed by atoms with Crippen LogP contribution in [0.25, 0.3) is 11.1 Å². The molecule has 1 atom stereocenters. The molecule has 1 unspecified atom stereocenters. The molecule has 3 rings (SSSR count). The highest BCUT2D eigenvalue weighted by Gasteiger charge is 2.13. The van der Waals surface area contributed by atoms with Crippen molar-refractivity contribution in [2.45, 2.75) is 11.0 Å². The summed E-state index contributed by atoms with van der Waals surface area (Å²) >= 11 is 0. The lowest BCUT2D eigenvalue weighted by Crippen LogP contribution is -2.11. The zero-order valence-corrected chi connectivity index (χ0v) is 14.9.